The highest BCUT2D eigenvalue weighted by atomic mass is 19.1. The highest BCUT2D eigenvalue weighted by molar-refractivity contribution is 5.96. The number of nitrogens with one attached hydrogen (secondary N) is 3. The van der Waals surface area contributed by atoms with E-state index in [1.165, 1.54) is 65.2 Å². The number of likely N-dealkylation sites (N-methyl/N-ethyl adjacent to an activating group) is 2. The number of benzene rings is 1. The molecule has 0 aliphatic carbocycles. The van der Waals surface area contributed by atoms with Crippen LogP contribution in [-0.2, 0) is 49.5 Å². The third-order valence-corrected chi connectivity index (χ3v) is 11.2. The van der Waals surface area contributed by atoms with Gasteiger partial charge in [0.2, 0.25) is 23.6 Å². The van der Waals surface area contributed by atoms with E-state index in [1.54, 1.807) is 13.8 Å². The highest BCUT2D eigenvalue weighted by Gasteiger charge is 2.37. The Kier molecular flexibility index (Phi) is 20.3. The van der Waals surface area contributed by atoms with E-state index >= 15 is 0 Å². The molecule has 1 aliphatic rings. The van der Waals surface area contributed by atoms with Gasteiger partial charge >= 0.3 is 11.9 Å². The summed E-state index contributed by atoms with van der Waals surface area (Å²) in [5.41, 5.74) is 0.630. The van der Waals surface area contributed by atoms with E-state index in [4.69, 9.17) is 9.47 Å². The van der Waals surface area contributed by atoms with Crippen LogP contribution in [0.5, 0.6) is 0 Å². The van der Waals surface area contributed by atoms with Crippen LogP contribution in [0.15, 0.2) is 35.9 Å². The average molecular weight is 846 g/mol. The molecule has 0 bridgehead atoms. The molecule has 0 aromatic heterocycles. The molecule has 4 N–H and O–H groups in total. The first kappa shape index (κ1) is 51.3. The van der Waals surface area contributed by atoms with E-state index < -0.39 is 108 Å². The zero-order valence-electron chi connectivity index (χ0n) is 37.4. The van der Waals surface area contributed by atoms with Gasteiger partial charge in [-0.25, -0.2) is 14.0 Å². The van der Waals surface area contributed by atoms with Crippen molar-refractivity contribution in [3.63, 3.8) is 0 Å². The Morgan fingerprint density at radius 1 is 0.817 bits per heavy atom. The molecule has 1 aromatic carbocycles. The van der Waals surface area contributed by atoms with Crippen molar-refractivity contribution in [2.45, 2.75) is 144 Å². The molecule has 10 atom stereocenters. The monoisotopic (exact) mass is 845 g/mol. The number of cyclic esters (lactones) is 2. The Bertz CT molecular complexity index is 1690. The molecule has 2 unspecified atom stereocenters. The fraction of sp³-hybridized carbons (Fsp3) is 0.659. The van der Waals surface area contributed by atoms with Crippen molar-refractivity contribution in [2.75, 3.05) is 20.6 Å². The Morgan fingerprint density at radius 3 is 1.97 bits per heavy atom. The summed E-state index contributed by atoms with van der Waals surface area (Å²) in [5.74, 6) is -6.77. The van der Waals surface area contributed by atoms with E-state index in [-0.39, 0.29) is 36.7 Å². The zero-order valence-corrected chi connectivity index (χ0v) is 37.4. The van der Waals surface area contributed by atoms with Crippen molar-refractivity contribution < 1.29 is 52.5 Å². The first-order valence-corrected chi connectivity index (χ1v) is 20.9. The first-order valence-electron chi connectivity index (χ1n) is 20.9. The third-order valence-electron chi connectivity index (χ3n) is 11.2. The van der Waals surface area contributed by atoms with Gasteiger partial charge in [-0.05, 0) is 69.1 Å². The van der Waals surface area contributed by atoms with Crippen LogP contribution in [0, 0.1) is 29.5 Å². The molecule has 5 amide bonds. The molecule has 1 aliphatic heterocycles. The minimum Gasteiger partial charge on any atom is -0.460 e. The van der Waals surface area contributed by atoms with Gasteiger partial charge in [-0.1, -0.05) is 79.5 Å². The van der Waals surface area contributed by atoms with Crippen molar-refractivity contribution in [1.29, 1.82) is 0 Å². The lowest BCUT2D eigenvalue weighted by atomic mass is 9.86. The summed E-state index contributed by atoms with van der Waals surface area (Å²) >= 11 is 0. The molecule has 1 heterocycles. The molecule has 0 radical (unpaired) electrons. The lowest BCUT2D eigenvalue weighted by Gasteiger charge is -2.33. The van der Waals surface area contributed by atoms with E-state index in [2.05, 4.69) is 16.0 Å². The molecule has 60 heavy (non-hydrogen) atoms. The second kappa shape index (κ2) is 23.8. The molecule has 15 nitrogen and oxygen atoms in total. The second-order valence-corrected chi connectivity index (χ2v) is 16.7. The summed E-state index contributed by atoms with van der Waals surface area (Å²) in [6.45, 7) is 16.6. The number of nitrogens with zero attached hydrogens (tertiary/aromatic N) is 2. The van der Waals surface area contributed by atoms with Crippen LogP contribution in [-0.4, -0.2) is 120 Å². The van der Waals surface area contributed by atoms with Gasteiger partial charge in [0.15, 0.2) is 6.10 Å². The van der Waals surface area contributed by atoms with Crippen molar-refractivity contribution in [3.8, 4) is 0 Å². The van der Waals surface area contributed by atoms with Crippen molar-refractivity contribution in [1.82, 2.24) is 25.8 Å². The Hall–Kier alpha value is -4.86. The zero-order chi connectivity index (χ0) is 45.6. The van der Waals surface area contributed by atoms with E-state index in [1.807, 2.05) is 34.6 Å². The van der Waals surface area contributed by atoms with Gasteiger partial charge in [0.05, 0.1) is 12.6 Å². The number of amides is 5. The number of carbonyl (C=O) groups excluding carboxylic acids is 7. The molecule has 0 saturated carbocycles. The number of hydrogen-bond donors (Lipinski definition) is 4. The topological polar surface area (TPSA) is 201 Å². The van der Waals surface area contributed by atoms with Gasteiger partial charge in [-0.3, -0.25) is 24.0 Å². The molecule has 1 aromatic rings. The fourth-order valence-corrected chi connectivity index (χ4v) is 6.78. The van der Waals surface area contributed by atoms with Gasteiger partial charge in [0.25, 0.3) is 5.91 Å². The molecule has 0 saturated heterocycles. The second-order valence-electron chi connectivity index (χ2n) is 16.7. The standard InChI is InChI=1S/C44H68FN5O10/c1-13-25(5)37-40(54)47-30(10)44(58)60-38(26(6)14-2)28(8)34(51)20-15-27(7)43(57)59-35(21-24(3)4)39(53)46-29(9)41(55)50(12)33(22-31-16-18-32(45)19-17-31)42(56)49(11)23-36(52)48-37/h15-19,24-26,28-30,33-35,37-38,51H,13-14,20-23H2,1-12H3,(H,46,53)(H,47,54)(H,48,52)/b27-15+/t25?,26-,28-,29-,30+,33+,34-,35+,37?,38+/m0/s1. The molecule has 0 fully saturated rings. The van der Waals surface area contributed by atoms with E-state index in [9.17, 15) is 43.1 Å². The molecule has 2 rings (SSSR count). The highest BCUT2D eigenvalue weighted by Crippen LogP contribution is 2.26. The van der Waals surface area contributed by atoms with E-state index in [0.29, 0.717) is 18.4 Å². The largest absolute Gasteiger partial charge is 0.460 e. The number of esters is 2. The van der Waals surface area contributed by atoms with Gasteiger partial charge < -0.3 is 40.3 Å². The molecule has 16 heteroatoms. The smallest absolute Gasteiger partial charge is 0.334 e. The number of halogens is 1. The summed E-state index contributed by atoms with van der Waals surface area (Å²) in [4.78, 5) is 97.9. The van der Waals surface area contributed by atoms with Crippen LogP contribution >= 0.6 is 0 Å². The Labute approximate surface area is 354 Å². The lowest BCUT2D eigenvalue weighted by molar-refractivity contribution is -0.161. The maximum atomic E-state index is 14.1. The molecular formula is C44H68FN5O10. The third kappa shape index (κ3) is 15.0. The summed E-state index contributed by atoms with van der Waals surface area (Å²) in [5, 5.41) is 19.2. The van der Waals surface area contributed by atoms with Crippen LogP contribution in [0.1, 0.15) is 100 Å². The SMILES string of the molecule is CCC(C)C1NC(=O)CN(C)C(=O)[C@@H](Cc2ccc(F)cc2)N(C)C(=O)[C@H](C)NC(=O)[C@@H](CC(C)C)OC(=O)/C(C)=C/C[C@H](O)[C@H](C)[C@@H]([C@@H](C)CC)OC(=O)[C@@H](C)NC1=O. The minimum absolute atomic E-state index is 0.0128. The predicted molar refractivity (Wildman–Crippen MR) is 223 cm³/mol. The lowest BCUT2D eigenvalue weighted by Crippen LogP contribution is -2.57. The molecule has 336 valence electrons. The van der Waals surface area contributed by atoms with Crippen molar-refractivity contribution >= 4 is 41.5 Å². The Balaban J connectivity index is 2.62. The van der Waals surface area contributed by atoms with Gasteiger partial charge in [-0.15, -0.1) is 0 Å². The van der Waals surface area contributed by atoms with Gasteiger partial charge in [-0.2, -0.15) is 0 Å². The van der Waals surface area contributed by atoms with Crippen LogP contribution in [0.2, 0.25) is 0 Å². The normalized spacial score (nSPS) is 28.8. The number of aliphatic hydroxyl groups excluding tert-OH is 1. The number of ether oxygens (including phenoxy) is 2. The summed E-state index contributed by atoms with van der Waals surface area (Å²) < 4.78 is 25.4. The predicted octanol–water partition coefficient (Wildman–Crippen LogP) is 3.46. The van der Waals surface area contributed by atoms with Crippen LogP contribution in [0.25, 0.3) is 0 Å². The van der Waals surface area contributed by atoms with Gasteiger partial charge in [0, 0.05) is 32.0 Å². The quantitative estimate of drug-likeness (QED) is 0.281. The minimum atomic E-state index is -1.29. The maximum Gasteiger partial charge on any atom is 0.334 e. The Morgan fingerprint density at radius 2 is 1.40 bits per heavy atom. The summed E-state index contributed by atoms with van der Waals surface area (Å²) in [7, 11) is 2.73. The van der Waals surface area contributed by atoms with E-state index in [0.717, 1.165) is 9.80 Å². The number of carbonyl (C=O) groups is 7. The maximum absolute atomic E-state index is 14.1. The first-order chi connectivity index (χ1) is 28.0. The summed E-state index contributed by atoms with van der Waals surface area (Å²) in [6.07, 6.45) is -0.542. The number of hydrogen-bond acceptors (Lipinski definition) is 10. The average Bonchev–Trinajstić information content (AvgIpc) is 3.20. The fourth-order valence-electron chi connectivity index (χ4n) is 6.78. The van der Waals surface area contributed by atoms with Crippen LogP contribution < -0.4 is 16.0 Å². The van der Waals surface area contributed by atoms with Crippen molar-refractivity contribution in [2.24, 2.45) is 23.7 Å². The van der Waals surface area contributed by atoms with Crippen LogP contribution in [0.3, 0.4) is 0 Å². The number of aliphatic hydroxyl groups is 1. The summed E-state index contributed by atoms with van der Waals surface area (Å²) in [6, 6.07) is 0.683. The van der Waals surface area contributed by atoms with Crippen molar-refractivity contribution in [3.05, 3.63) is 47.3 Å². The van der Waals surface area contributed by atoms with Crippen LogP contribution in [0.4, 0.5) is 4.39 Å². The number of rotatable bonds is 8. The molecular weight excluding hydrogens is 778 g/mol. The van der Waals surface area contributed by atoms with Gasteiger partial charge in [0.1, 0.15) is 36.1 Å². The molecule has 0 spiro atoms.